The van der Waals surface area contributed by atoms with E-state index in [2.05, 4.69) is 27.8 Å². The van der Waals surface area contributed by atoms with Gasteiger partial charge in [-0.25, -0.2) is 0 Å². The maximum atomic E-state index is 5.53. The first-order valence-electron chi connectivity index (χ1n) is 6.92. The topological polar surface area (TPSA) is 61.4 Å². The number of hydrogen-bond acceptors (Lipinski definition) is 3. The molecule has 1 aliphatic rings. The smallest absolute Gasteiger partial charge is 0.187 e. The Balaban J connectivity index is 1.83. The third-order valence-electron chi connectivity index (χ3n) is 3.48. The van der Waals surface area contributed by atoms with Crippen LogP contribution in [0.25, 0.3) is 0 Å². The predicted octanol–water partition coefficient (Wildman–Crippen LogP) is 2.00. The van der Waals surface area contributed by atoms with Crippen LogP contribution in [0.4, 0.5) is 0 Å². The van der Waals surface area contributed by atoms with Crippen LogP contribution in [-0.2, 0) is 4.74 Å². The largest absolute Gasteiger partial charge is 0.376 e. The highest BCUT2D eigenvalue weighted by Crippen LogP contribution is 2.13. The summed E-state index contributed by atoms with van der Waals surface area (Å²) in [6.45, 7) is 7.67. The summed E-state index contributed by atoms with van der Waals surface area (Å²) < 4.78 is 5.53. The molecule has 2 heterocycles. The number of hydrazone groups is 1. The van der Waals surface area contributed by atoms with Gasteiger partial charge in [-0.1, -0.05) is 0 Å². The fourth-order valence-corrected chi connectivity index (χ4v) is 2.58. The molecule has 0 aromatic carbocycles. The molecule has 1 fully saturated rings. The van der Waals surface area contributed by atoms with Gasteiger partial charge >= 0.3 is 0 Å². The molecule has 0 aliphatic carbocycles. The number of aromatic amines is 1. The maximum absolute atomic E-state index is 5.53. The molecule has 0 unspecified atom stereocenters. The van der Waals surface area contributed by atoms with E-state index in [0.29, 0.717) is 5.11 Å². The molecule has 0 bridgehead atoms. The average Bonchev–Trinajstić information content (AvgIpc) is 3.04. The molecule has 20 heavy (non-hydrogen) atoms. The number of nitrogens with one attached hydrogen (secondary N) is 3. The Morgan fingerprint density at radius 1 is 1.55 bits per heavy atom. The highest BCUT2D eigenvalue weighted by atomic mass is 32.1. The SMILES string of the molecule is C/C(=N\NC(=S)NC[C@@H]1CCCO1)c1c(C)c[nH]c1C. The quantitative estimate of drug-likeness (QED) is 0.451. The van der Waals surface area contributed by atoms with Crippen LogP contribution in [0.2, 0.25) is 0 Å². The zero-order valence-corrected chi connectivity index (χ0v) is 13.1. The van der Waals surface area contributed by atoms with Gasteiger partial charge in [0.25, 0.3) is 0 Å². The molecule has 3 N–H and O–H groups in total. The van der Waals surface area contributed by atoms with Crippen molar-refractivity contribution in [2.45, 2.75) is 39.7 Å². The van der Waals surface area contributed by atoms with Gasteiger partial charge < -0.3 is 15.0 Å². The molecule has 0 amide bonds. The van der Waals surface area contributed by atoms with Crippen molar-refractivity contribution in [3.63, 3.8) is 0 Å². The molecule has 0 saturated carbocycles. The van der Waals surface area contributed by atoms with E-state index in [1.54, 1.807) is 0 Å². The Morgan fingerprint density at radius 2 is 2.35 bits per heavy atom. The molecule has 0 radical (unpaired) electrons. The monoisotopic (exact) mass is 294 g/mol. The van der Waals surface area contributed by atoms with E-state index in [-0.39, 0.29) is 6.10 Å². The van der Waals surface area contributed by atoms with Gasteiger partial charge in [0, 0.05) is 30.6 Å². The van der Waals surface area contributed by atoms with Crippen LogP contribution in [0.1, 0.15) is 36.6 Å². The van der Waals surface area contributed by atoms with E-state index in [1.165, 1.54) is 5.56 Å². The van der Waals surface area contributed by atoms with E-state index >= 15 is 0 Å². The van der Waals surface area contributed by atoms with Crippen LogP contribution in [0.5, 0.6) is 0 Å². The lowest BCUT2D eigenvalue weighted by Crippen LogP contribution is -2.37. The van der Waals surface area contributed by atoms with Gasteiger partial charge in [-0.2, -0.15) is 5.10 Å². The average molecular weight is 294 g/mol. The lowest BCUT2D eigenvalue weighted by molar-refractivity contribution is 0.114. The van der Waals surface area contributed by atoms with E-state index in [0.717, 1.165) is 43.0 Å². The fraction of sp³-hybridized carbons (Fsp3) is 0.571. The zero-order chi connectivity index (χ0) is 14.5. The predicted molar refractivity (Wildman–Crippen MR) is 85.2 cm³/mol. The normalized spacial score (nSPS) is 19.1. The summed E-state index contributed by atoms with van der Waals surface area (Å²) >= 11 is 5.21. The summed E-state index contributed by atoms with van der Waals surface area (Å²) in [5.74, 6) is 0. The third kappa shape index (κ3) is 3.80. The van der Waals surface area contributed by atoms with Gasteiger partial charge in [0.15, 0.2) is 5.11 Å². The van der Waals surface area contributed by atoms with Crippen LogP contribution >= 0.6 is 12.2 Å². The molecule has 0 spiro atoms. The van der Waals surface area contributed by atoms with Crippen molar-refractivity contribution in [3.8, 4) is 0 Å². The van der Waals surface area contributed by atoms with Crippen molar-refractivity contribution in [2.75, 3.05) is 13.2 Å². The first-order chi connectivity index (χ1) is 9.58. The second-order valence-electron chi connectivity index (χ2n) is 5.13. The number of aromatic nitrogens is 1. The molecular formula is C14H22N4OS. The number of aryl methyl sites for hydroxylation is 2. The van der Waals surface area contributed by atoms with E-state index in [9.17, 15) is 0 Å². The lowest BCUT2D eigenvalue weighted by Gasteiger charge is -2.12. The summed E-state index contributed by atoms with van der Waals surface area (Å²) in [5.41, 5.74) is 7.24. The fourth-order valence-electron chi connectivity index (χ4n) is 2.46. The van der Waals surface area contributed by atoms with Crippen molar-refractivity contribution >= 4 is 23.0 Å². The number of rotatable bonds is 4. The highest BCUT2D eigenvalue weighted by Gasteiger charge is 2.15. The summed E-state index contributed by atoms with van der Waals surface area (Å²) in [4.78, 5) is 3.19. The van der Waals surface area contributed by atoms with Crippen molar-refractivity contribution in [3.05, 3.63) is 23.0 Å². The van der Waals surface area contributed by atoms with Gasteiger partial charge in [0.05, 0.1) is 11.8 Å². The van der Waals surface area contributed by atoms with Gasteiger partial charge in [-0.3, -0.25) is 5.43 Å². The number of hydrogen-bond donors (Lipinski definition) is 3. The minimum Gasteiger partial charge on any atom is -0.376 e. The molecule has 6 heteroatoms. The minimum absolute atomic E-state index is 0.272. The van der Waals surface area contributed by atoms with Crippen molar-refractivity contribution in [1.29, 1.82) is 0 Å². The highest BCUT2D eigenvalue weighted by molar-refractivity contribution is 7.80. The van der Waals surface area contributed by atoms with Crippen molar-refractivity contribution in [2.24, 2.45) is 5.10 Å². The third-order valence-corrected chi connectivity index (χ3v) is 3.71. The van der Waals surface area contributed by atoms with E-state index < -0.39 is 0 Å². The van der Waals surface area contributed by atoms with Gasteiger partial charge in [-0.15, -0.1) is 0 Å². The molecule has 2 rings (SSSR count). The molecule has 1 aromatic rings. The second-order valence-corrected chi connectivity index (χ2v) is 5.53. The van der Waals surface area contributed by atoms with Crippen molar-refractivity contribution < 1.29 is 4.74 Å². The molecule has 1 saturated heterocycles. The molecule has 1 aromatic heterocycles. The number of ether oxygens (including phenoxy) is 1. The van der Waals surface area contributed by atoms with Crippen molar-refractivity contribution in [1.82, 2.24) is 15.7 Å². The molecule has 1 aliphatic heterocycles. The van der Waals surface area contributed by atoms with Crippen LogP contribution in [-0.4, -0.2) is 35.1 Å². The number of nitrogens with zero attached hydrogens (tertiary/aromatic N) is 1. The van der Waals surface area contributed by atoms with Gasteiger partial charge in [0.2, 0.25) is 0 Å². The Bertz CT molecular complexity index is 484. The van der Waals surface area contributed by atoms with E-state index in [4.69, 9.17) is 17.0 Å². The molecule has 1 atom stereocenters. The van der Waals surface area contributed by atoms with Crippen LogP contribution in [0, 0.1) is 13.8 Å². The summed E-state index contributed by atoms with van der Waals surface area (Å²) in [5, 5.41) is 8.00. The zero-order valence-electron chi connectivity index (χ0n) is 12.2. The summed E-state index contributed by atoms with van der Waals surface area (Å²) in [6.07, 6.45) is 4.49. The molecule has 110 valence electrons. The molecule has 5 nitrogen and oxygen atoms in total. The van der Waals surface area contributed by atoms with Crippen LogP contribution in [0.3, 0.4) is 0 Å². The Kier molecular flexibility index (Phi) is 5.14. The first-order valence-corrected chi connectivity index (χ1v) is 7.33. The summed E-state index contributed by atoms with van der Waals surface area (Å²) in [7, 11) is 0. The Morgan fingerprint density at radius 3 is 2.95 bits per heavy atom. The van der Waals surface area contributed by atoms with Crippen LogP contribution < -0.4 is 10.7 Å². The summed E-state index contributed by atoms with van der Waals surface area (Å²) in [6, 6.07) is 0. The second kappa shape index (κ2) is 6.85. The Labute approximate surface area is 125 Å². The van der Waals surface area contributed by atoms with Gasteiger partial charge in [0.1, 0.15) is 0 Å². The molecular weight excluding hydrogens is 272 g/mol. The maximum Gasteiger partial charge on any atom is 0.187 e. The van der Waals surface area contributed by atoms with Crippen LogP contribution in [0.15, 0.2) is 11.3 Å². The lowest BCUT2D eigenvalue weighted by atomic mass is 10.1. The number of thiocarbonyl (C=S) groups is 1. The minimum atomic E-state index is 0.272. The number of H-pyrrole nitrogens is 1. The van der Waals surface area contributed by atoms with E-state index in [1.807, 2.05) is 20.0 Å². The first kappa shape index (κ1) is 15.0. The standard InChI is InChI=1S/C14H22N4OS/c1-9-7-15-10(2)13(9)11(3)17-18-14(20)16-8-12-5-4-6-19-12/h7,12,15H,4-6,8H2,1-3H3,(H2,16,18,20)/b17-11+/t12-/m0/s1. The Hall–Kier alpha value is -1.40. The van der Waals surface area contributed by atoms with Gasteiger partial charge in [-0.05, 0) is 51.4 Å².